The van der Waals surface area contributed by atoms with Crippen molar-refractivity contribution in [1.82, 2.24) is 9.80 Å². The van der Waals surface area contributed by atoms with E-state index in [-0.39, 0.29) is 11.7 Å². The molecule has 0 spiro atoms. The molecule has 0 N–H and O–H groups in total. The van der Waals surface area contributed by atoms with Gasteiger partial charge in [-0.15, -0.1) is 0 Å². The molecular weight excluding hydrogens is 360 g/mol. The summed E-state index contributed by atoms with van der Waals surface area (Å²) in [6, 6.07) is 11.1. The first-order valence-electron chi connectivity index (χ1n) is 9.38. The van der Waals surface area contributed by atoms with Gasteiger partial charge in [0.2, 0.25) is 5.76 Å². The Kier molecular flexibility index (Phi) is 6.84. The van der Waals surface area contributed by atoms with Crippen LogP contribution >= 0.6 is 0 Å². The first-order chi connectivity index (χ1) is 13.6. The minimum absolute atomic E-state index is 0.230. The third-order valence-corrected chi connectivity index (χ3v) is 4.93. The Morgan fingerprint density at radius 3 is 2.29 bits per heavy atom. The molecule has 150 valence electrons. The molecule has 0 radical (unpaired) electrons. The molecule has 2 aromatic rings. The van der Waals surface area contributed by atoms with E-state index in [1.807, 2.05) is 24.3 Å². The van der Waals surface area contributed by atoms with Crippen molar-refractivity contribution in [1.29, 1.82) is 0 Å². The highest BCUT2D eigenvalue weighted by atomic mass is 16.5. The van der Waals surface area contributed by atoms with Gasteiger partial charge < -0.3 is 13.9 Å². The van der Waals surface area contributed by atoms with Crippen molar-refractivity contribution in [2.24, 2.45) is 0 Å². The zero-order chi connectivity index (χ0) is 19.9. The van der Waals surface area contributed by atoms with Gasteiger partial charge in [0.05, 0.1) is 26.3 Å². The van der Waals surface area contributed by atoms with Crippen LogP contribution in [0.15, 0.2) is 40.8 Å². The van der Waals surface area contributed by atoms with Crippen molar-refractivity contribution in [2.45, 2.75) is 19.5 Å². The van der Waals surface area contributed by atoms with Crippen LogP contribution in [-0.2, 0) is 22.6 Å². The number of hydrogen-bond acceptors (Lipinski definition) is 7. The molecule has 7 nitrogen and oxygen atoms in total. The van der Waals surface area contributed by atoms with Gasteiger partial charge in [-0.3, -0.25) is 9.80 Å². The molecule has 1 aromatic heterocycles. The van der Waals surface area contributed by atoms with Gasteiger partial charge in [0, 0.05) is 19.6 Å². The number of carbonyl (C=O) groups is 2. The Morgan fingerprint density at radius 2 is 1.57 bits per heavy atom. The van der Waals surface area contributed by atoms with Crippen LogP contribution in [0.4, 0.5) is 0 Å². The molecule has 0 unspecified atom stereocenters. The topological polar surface area (TPSA) is 72.2 Å². The van der Waals surface area contributed by atoms with E-state index in [0.29, 0.717) is 18.7 Å². The third-order valence-electron chi connectivity index (χ3n) is 4.93. The van der Waals surface area contributed by atoms with E-state index in [9.17, 15) is 9.59 Å². The number of nitrogens with zero attached hydrogens (tertiary/aromatic N) is 2. The molecule has 1 aliphatic rings. The van der Waals surface area contributed by atoms with Crippen molar-refractivity contribution in [3.63, 3.8) is 0 Å². The zero-order valence-electron chi connectivity index (χ0n) is 16.3. The van der Waals surface area contributed by atoms with Crippen LogP contribution in [0.25, 0.3) is 0 Å². The van der Waals surface area contributed by atoms with Gasteiger partial charge >= 0.3 is 11.9 Å². The Labute approximate surface area is 164 Å². The molecular formula is C21H26N2O5. The van der Waals surface area contributed by atoms with E-state index < -0.39 is 5.97 Å². The summed E-state index contributed by atoms with van der Waals surface area (Å²) in [6.45, 7) is 5.05. The van der Waals surface area contributed by atoms with Gasteiger partial charge in [-0.05, 0) is 43.3 Å². The smallest absolute Gasteiger partial charge is 0.373 e. The molecule has 0 bridgehead atoms. The molecule has 1 saturated heterocycles. The minimum atomic E-state index is -0.461. The summed E-state index contributed by atoms with van der Waals surface area (Å²) in [5, 5.41) is 0. The average molecular weight is 386 g/mol. The highest BCUT2D eigenvalue weighted by Gasteiger charge is 2.19. The monoisotopic (exact) mass is 386 g/mol. The predicted octanol–water partition coefficient (Wildman–Crippen LogP) is 2.56. The van der Waals surface area contributed by atoms with E-state index >= 15 is 0 Å². The number of ether oxygens (including phenoxy) is 2. The van der Waals surface area contributed by atoms with Crippen LogP contribution in [-0.4, -0.2) is 62.1 Å². The van der Waals surface area contributed by atoms with E-state index in [1.165, 1.54) is 14.2 Å². The fourth-order valence-electron chi connectivity index (χ4n) is 3.44. The van der Waals surface area contributed by atoms with Gasteiger partial charge in [0.1, 0.15) is 5.76 Å². The lowest BCUT2D eigenvalue weighted by Gasteiger charge is -2.22. The van der Waals surface area contributed by atoms with Crippen molar-refractivity contribution in [3.05, 3.63) is 59.0 Å². The first kappa shape index (κ1) is 20.1. The second-order valence-electron chi connectivity index (χ2n) is 6.81. The maximum Gasteiger partial charge on any atom is 0.373 e. The van der Waals surface area contributed by atoms with Gasteiger partial charge in [-0.1, -0.05) is 18.2 Å². The second kappa shape index (κ2) is 9.52. The Balaban J connectivity index is 1.58. The lowest BCUT2D eigenvalue weighted by atomic mass is 10.1. The average Bonchev–Trinajstić information content (AvgIpc) is 3.08. The number of methoxy groups -OCH3 is 2. The Hall–Kier alpha value is -2.64. The standard InChI is InChI=1S/C21H26N2O5/c1-26-20(24)18-7-4-3-6-16(18)14-22-10-5-11-23(13-12-22)15-17-8-9-19(28-17)21(25)27-2/h3-4,6-9H,5,10-15H2,1-2H3. The quantitative estimate of drug-likeness (QED) is 0.707. The summed E-state index contributed by atoms with van der Waals surface area (Å²) in [5.74, 6) is 0.224. The molecule has 1 fully saturated rings. The molecule has 1 aromatic carbocycles. The number of rotatable bonds is 6. The molecule has 7 heteroatoms. The van der Waals surface area contributed by atoms with Gasteiger partial charge in [0.25, 0.3) is 0 Å². The fraction of sp³-hybridized carbons (Fsp3) is 0.429. The SMILES string of the molecule is COC(=O)c1ccc(CN2CCCN(Cc3ccccc3C(=O)OC)CC2)o1. The fourth-order valence-corrected chi connectivity index (χ4v) is 3.44. The summed E-state index contributed by atoms with van der Waals surface area (Å²) in [5.41, 5.74) is 1.61. The molecule has 0 atom stereocenters. The van der Waals surface area contributed by atoms with Crippen molar-refractivity contribution in [3.8, 4) is 0 Å². The second-order valence-corrected chi connectivity index (χ2v) is 6.81. The molecule has 0 aliphatic carbocycles. The highest BCUT2D eigenvalue weighted by molar-refractivity contribution is 5.91. The Bertz CT molecular complexity index is 817. The largest absolute Gasteiger partial charge is 0.465 e. The van der Waals surface area contributed by atoms with Gasteiger partial charge in [0.15, 0.2) is 0 Å². The first-order valence-corrected chi connectivity index (χ1v) is 9.38. The normalized spacial score (nSPS) is 15.8. The maximum atomic E-state index is 12.0. The Morgan fingerprint density at radius 1 is 0.893 bits per heavy atom. The molecule has 0 amide bonds. The molecule has 3 rings (SSSR count). The maximum absolute atomic E-state index is 12.0. The number of furan rings is 1. The lowest BCUT2D eigenvalue weighted by molar-refractivity contribution is 0.0559. The summed E-state index contributed by atoms with van der Waals surface area (Å²) in [7, 11) is 2.75. The zero-order valence-corrected chi connectivity index (χ0v) is 16.3. The lowest BCUT2D eigenvalue weighted by Crippen LogP contribution is -2.30. The summed E-state index contributed by atoms with van der Waals surface area (Å²) in [4.78, 5) is 28.2. The van der Waals surface area contributed by atoms with Gasteiger partial charge in [-0.2, -0.15) is 0 Å². The van der Waals surface area contributed by atoms with Crippen molar-refractivity contribution >= 4 is 11.9 Å². The van der Waals surface area contributed by atoms with Crippen LogP contribution in [0.1, 0.15) is 38.7 Å². The van der Waals surface area contributed by atoms with Crippen molar-refractivity contribution < 1.29 is 23.5 Å². The van der Waals surface area contributed by atoms with Crippen LogP contribution in [0.5, 0.6) is 0 Å². The minimum Gasteiger partial charge on any atom is -0.465 e. The van der Waals surface area contributed by atoms with E-state index in [2.05, 4.69) is 14.5 Å². The third kappa shape index (κ3) is 4.99. The van der Waals surface area contributed by atoms with Crippen LogP contribution in [0.3, 0.4) is 0 Å². The summed E-state index contributed by atoms with van der Waals surface area (Å²) < 4.78 is 15.1. The van der Waals surface area contributed by atoms with E-state index in [1.54, 1.807) is 12.1 Å². The molecule has 2 heterocycles. The summed E-state index contributed by atoms with van der Waals surface area (Å²) >= 11 is 0. The van der Waals surface area contributed by atoms with Crippen LogP contribution < -0.4 is 0 Å². The van der Waals surface area contributed by atoms with Crippen LogP contribution in [0.2, 0.25) is 0 Å². The van der Waals surface area contributed by atoms with E-state index in [4.69, 9.17) is 9.15 Å². The predicted molar refractivity (Wildman–Crippen MR) is 103 cm³/mol. The number of hydrogen-bond donors (Lipinski definition) is 0. The van der Waals surface area contributed by atoms with E-state index in [0.717, 1.165) is 43.9 Å². The van der Waals surface area contributed by atoms with Crippen LogP contribution in [0, 0.1) is 0 Å². The number of benzene rings is 1. The van der Waals surface area contributed by atoms with Crippen molar-refractivity contribution in [2.75, 3.05) is 40.4 Å². The number of esters is 2. The summed E-state index contributed by atoms with van der Waals surface area (Å²) in [6.07, 6.45) is 1.02. The molecule has 1 aliphatic heterocycles. The molecule has 0 saturated carbocycles. The number of carbonyl (C=O) groups excluding carboxylic acids is 2. The highest BCUT2D eigenvalue weighted by Crippen LogP contribution is 2.17. The van der Waals surface area contributed by atoms with Gasteiger partial charge in [-0.25, -0.2) is 9.59 Å². The molecule has 28 heavy (non-hydrogen) atoms.